The predicted molar refractivity (Wildman–Crippen MR) is 144 cm³/mol. The van der Waals surface area contributed by atoms with Gasteiger partial charge in [0.1, 0.15) is 24.4 Å². The molecular weight excluding hydrogens is 568 g/mol. The fraction of sp³-hybridized carbons (Fsp3) is 1.00. The lowest BCUT2D eigenvalue weighted by molar-refractivity contribution is -0.288. The highest BCUT2D eigenvalue weighted by molar-refractivity contribution is 4.88. The molecule has 1 rings (SSSR count). The molecule has 1 fully saturated rings. The summed E-state index contributed by atoms with van der Waals surface area (Å²) < 4.78 is 58.6. The van der Waals surface area contributed by atoms with E-state index in [1.807, 2.05) is 0 Å². The van der Waals surface area contributed by atoms with Gasteiger partial charge in [-0.2, -0.15) is 0 Å². The summed E-state index contributed by atoms with van der Waals surface area (Å²) in [5, 5.41) is 46.9. The Labute approximate surface area is 247 Å². The second-order valence-electron chi connectivity index (χ2n) is 8.85. The molecule has 1 aliphatic heterocycles. The number of ether oxygens (including phenoxy) is 11. The second-order valence-corrected chi connectivity index (χ2v) is 8.85. The number of aliphatic hydroxyl groups excluding tert-OH is 5. The molecular formula is C26H52O16. The van der Waals surface area contributed by atoms with Crippen LogP contribution in [0.1, 0.15) is 0 Å². The van der Waals surface area contributed by atoms with Gasteiger partial charge in [-0.25, -0.2) is 0 Å². The molecule has 0 amide bonds. The van der Waals surface area contributed by atoms with Crippen molar-refractivity contribution in [3.05, 3.63) is 0 Å². The first kappa shape index (κ1) is 39.4. The zero-order valence-corrected chi connectivity index (χ0v) is 24.5. The molecule has 16 heteroatoms. The van der Waals surface area contributed by atoms with Crippen molar-refractivity contribution in [3.8, 4) is 0 Å². The third-order valence-electron chi connectivity index (χ3n) is 5.55. The summed E-state index contributed by atoms with van der Waals surface area (Å²) in [4.78, 5) is 0. The molecule has 0 bridgehead atoms. The van der Waals surface area contributed by atoms with Crippen molar-refractivity contribution in [1.82, 2.24) is 0 Å². The summed E-state index contributed by atoms with van der Waals surface area (Å²) in [6, 6.07) is 0. The average Bonchev–Trinajstić information content (AvgIpc) is 2.99. The lowest BCUT2D eigenvalue weighted by Gasteiger charge is -2.38. The van der Waals surface area contributed by atoms with Crippen molar-refractivity contribution in [3.63, 3.8) is 0 Å². The van der Waals surface area contributed by atoms with E-state index in [0.717, 1.165) is 0 Å². The largest absolute Gasteiger partial charge is 0.394 e. The number of hydrogen-bond acceptors (Lipinski definition) is 16. The van der Waals surface area contributed by atoms with Crippen LogP contribution in [0.25, 0.3) is 0 Å². The standard InChI is InChI=1S/C26H52O16/c27-1-2-32-3-4-33-5-6-34-7-8-35-9-10-36-11-12-37-13-14-38-15-16-39-17-18-40-19-20-41-21-22-23(28)24(29)25(30)26(31)42-22/h22-31H,1-21H2/t22-,23+,24+,25-,26+/m1/s1. The van der Waals surface area contributed by atoms with Gasteiger partial charge in [-0.1, -0.05) is 0 Å². The van der Waals surface area contributed by atoms with E-state index in [0.29, 0.717) is 119 Å². The van der Waals surface area contributed by atoms with Crippen molar-refractivity contribution in [2.75, 3.05) is 139 Å². The van der Waals surface area contributed by atoms with Gasteiger partial charge in [-0.15, -0.1) is 0 Å². The van der Waals surface area contributed by atoms with Crippen molar-refractivity contribution < 1.29 is 77.6 Å². The quantitative estimate of drug-likeness (QED) is 0.0489. The van der Waals surface area contributed by atoms with Gasteiger partial charge in [0.15, 0.2) is 6.29 Å². The maximum Gasteiger partial charge on any atom is 0.184 e. The van der Waals surface area contributed by atoms with E-state index in [1.165, 1.54) is 0 Å². The topological polar surface area (TPSA) is 203 Å². The van der Waals surface area contributed by atoms with Crippen LogP contribution in [0, 0.1) is 0 Å². The summed E-state index contributed by atoms with van der Waals surface area (Å²) in [6.45, 7) is 8.12. The van der Waals surface area contributed by atoms with Gasteiger partial charge in [0.05, 0.1) is 139 Å². The van der Waals surface area contributed by atoms with E-state index in [4.69, 9.17) is 57.2 Å². The van der Waals surface area contributed by atoms with Gasteiger partial charge < -0.3 is 77.6 Å². The summed E-state index contributed by atoms with van der Waals surface area (Å²) in [6.07, 6.45) is -6.95. The van der Waals surface area contributed by atoms with Crippen LogP contribution >= 0.6 is 0 Å². The Morgan fingerprint density at radius 1 is 0.357 bits per heavy atom. The molecule has 1 aliphatic rings. The van der Waals surface area contributed by atoms with Gasteiger partial charge >= 0.3 is 0 Å². The average molecular weight is 621 g/mol. The molecule has 0 aromatic rings. The molecule has 16 nitrogen and oxygen atoms in total. The van der Waals surface area contributed by atoms with Gasteiger partial charge in [0.2, 0.25) is 0 Å². The molecule has 0 aromatic heterocycles. The first-order chi connectivity index (χ1) is 20.6. The van der Waals surface area contributed by atoms with Gasteiger partial charge in [-0.3, -0.25) is 0 Å². The van der Waals surface area contributed by atoms with Crippen molar-refractivity contribution in [2.45, 2.75) is 30.7 Å². The monoisotopic (exact) mass is 620 g/mol. The lowest BCUT2D eigenvalue weighted by Crippen LogP contribution is -2.58. The maximum atomic E-state index is 9.82. The van der Waals surface area contributed by atoms with Gasteiger partial charge in [0, 0.05) is 0 Å². The molecule has 0 aliphatic carbocycles. The second kappa shape index (κ2) is 29.1. The Morgan fingerprint density at radius 2 is 0.643 bits per heavy atom. The molecule has 0 radical (unpaired) electrons. The minimum absolute atomic E-state index is 0.0148. The summed E-state index contributed by atoms with van der Waals surface area (Å²) >= 11 is 0. The fourth-order valence-electron chi connectivity index (χ4n) is 3.31. The molecule has 0 spiro atoms. The highest BCUT2D eigenvalue weighted by Gasteiger charge is 2.42. The van der Waals surface area contributed by atoms with Crippen LogP contribution in [-0.2, 0) is 52.1 Å². The predicted octanol–water partition coefficient (Wildman–Crippen LogP) is -3.06. The third kappa shape index (κ3) is 22.0. The van der Waals surface area contributed by atoms with E-state index in [9.17, 15) is 20.4 Å². The van der Waals surface area contributed by atoms with Crippen LogP contribution in [-0.4, -0.2) is 195 Å². The van der Waals surface area contributed by atoms with Crippen molar-refractivity contribution in [1.29, 1.82) is 0 Å². The van der Waals surface area contributed by atoms with Crippen molar-refractivity contribution >= 4 is 0 Å². The van der Waals surface area contributed by atoms with E-state index in [2.05, 4.69) is 0 Å². The van der Waals surface area contributed by atoms with Crippen LogP contribution in [0.3, 0.4) is 0 Å². The van der Waals surface area contributed by atoms with Crippen LogP contribution in [0.15, 0.2) is 0 Å². The molecule has 5 N–H and O–H groups in total. The number of hydrogen-bond donors (Lipinski definition) is 5. The molecule has 1 heterocycles. The molecule has 1 saturated heterocycles. The molecule has 5 atom stereocenters. The highest BCUT2D eigenvalue weighted by Crippen LogP contribution is 2.19. The molecule has 0 saturated carbocycles. The minimum atomic E-state index is -1.58. The van der Waals surface area contributed by atoms with Crippen LogP contribution < -0.4 is 0 Å². The normalized spacial score (nSPS) is 22.6. The molecule has 252 valence electrons. The molecule has 0 aromatic carbocycles. The van der Waals surface area contributed by atoms with Crippen LogP contribution in [0.2, 0.25) is 0 Å². The third-order valence-corrected chi connectivity index (χ3v) is 5.55. The summed E-state index contributed by atoms with van der Waals surface area (Å²) in [5.41, 5.74) is 0. The lowest BCUT2D eigenvalue weighted by atomic mass is 9.99. The Morgan fingerprint density at radius 3 is 0.952 bits per heavy atom. The number of aliphatic hydroxyl groups is 5. The van der Waals surface area contributed by atoms with E-state index >= 15 is 0 Å². The van der Waals surface area contributed by atoms with E-state index in [1.54, 1.807) is 0 Å². The van der Waals surface area contributed by atoms with Crippen LogP contribution in [0.4, 0.5) is 0 Å². The Kier molecular flexibility index (Phi) is 27.3. The molecule has 42 heavy (non-hydrogen) atoms. The first-order valence-electron chi connectivity index (χ1n) is 14.3. The molecule has 0 unspecified atom stereocenters. The fourth-order valence-corrected chi connectivity index (χ4v) is 3.31. The first-order valence-corrected chi connectivity index (χ1v) is 14.3. The van der Waals surface area contributed by atoms with Gasteiger partial charge in [0.25, 0.3) is 0 Å². The zero-order valence-electron chi connectivity index (χ0n) is 24.5. The maximum absolute atomic E-state index is 9.82. The van der Waals surface area contributed by atoms with Gasteiger partial charge in [-0.05, 0) is 0 Å². The Balaban J connectivity index is 1.68. The Hall–Kier alpha value is -0.640. The smallest absolute Gasteiger partial charge is 0.184 e. The zero-order chi connectivity index (χ0) is 30.5. The van der Waals surface area contributed by atoms with Crippen molar-refractivity contribution in [2.24, 2.45) is 0 Å². The Bertz CT molecular complexity index is 562. The highest BCUT2D eigenvalue weighted by atomic mass is 16.6. The van der Waals surface area contributed by atoms with E-state index < -0.39 is 30.7 Å². The SMILES string of the molecule is OCCOCCOCCOCCOCCOCCOCCOCCOCCOCCOC[C@H]1O[C@H](O)[C@H](O)[C@@H](O)[C@H]1O. The minimum Gasteiger partial charge on any atom is -0.394 e. The summed E-state index contributed by atoms with van der Waals surface area (Å²) in [7, 11) is 0. The van der Waals surface area contributed by atoms with Crippen LogP contribution in [0.5, 0.6) is 0 Å². The number of rotatable bonds is 31. The summed E-state index contributed by atoms with van der Waals surface area (Å²) in [5.74, 6) is 0. The van der Waals surface area contributed by atoms with E-state index in [-0.39, 0.29) is 19.8 Å².